The molecule has 1 aliphatic rings. The third-order valence-electron chi connectivity index (χ3n) is 2.57. The zero-order valence-electron chi connectivity index (χ0n) is 8.93. The van der Waals surface area contributed by atoms with Gasteiger partial charge in [-0.3, -0.25) is 0 Å². The predicted octanol–water partition coefficient (Wildman–Crippen LogP) is 4.23. The number of likely N-dealkylation sites (N-methyl/N-ethyl adjacent to an activating group) is 1. The summed E-state index contributed by atoms with van der Waals surface area (Å²) in [4.78, 5) is 1.30. The van der Waals surface area contributed by atoms with Crippen LogP contribution in [0.3, 0.4) is 0 Å². The fourth-order valence-electron chi connectivity index (χ4n) is 1.81. The van der Waals surface area contributed by atoms with Crippen molar-refractivity contribution in [2.24, 2.45) is 0 Å². The van der Waals surface area contributed by atoms with Crippen LogP contribution in [0, 0.1) is 0 Å². The second kappa shape index (κ2) is 5.67. The van der Waals surface area contributed by atoms with E-state index in [0.29, 0.717) is 0 Å². The van der Waals surface area contributed by atoms with Gasteiger partial charge in [0.15, 0.2) is 0 Å². The Balaban J connectivity index is 2.24. The van der Waals surface area contributed by atoms with Crippen molar-refractivity contribution >= 4 is 43.2 Å². The Labute approximate surface area is 116 Å². The second-order valence-electron chi connectivity index (χ2n) is 3.66. The van der Waals surface area contributed by atoms with Gasteiger partial charge in [0.05, 0.1) is 22.7 Å². The molecule has 2 rings (SSSR count). The second-order valence-corrected chi connectivity index (χ2v) is 6.92. The molecule has 2 nitrogen and oxygen atoms in total. The number of ether oxygens (including phenoxy) is 1. The zero-order chi connectivity index (χ0) is 11.5. The van der Waals surface area contributed by atoms with E-state index in [1.54, 1.807) is 11.3 Å². The van der Waals surface area contributed by atoms with Crippen molar-refractivity contribution in [2.75, 3.05) is 13.7 Å². The Morgan fingerprint density at radius 1 is 1.50 bits per heavy atom. The molecular weight excluding hydrogens is 354 g/mol. The molecule has 0 saturated carbocycles. The first-order valence-electron chi connectivity index (χ1n) is 5.15. The first-order chi connectivity index (χ1) is 7.72. The summed E-state index contributed by atoms with van der Waals surface area (Å²) in [6.45, 7) is 0.845. The van der Waals surface area contributed by atoms with Gasteiger partial charge < -0.3 is 10.1 Å². The van der Waals surface area contributed by atoms with E-state index in [1.165, 1.54) is 10.5 Å². The minimum atomic E-state index is 0.271. The van der Waals surface area contributed by atoms with Crippen LogP contribution in [0.25, 0.3) is 0 Å². The summed E-state index contributed by atoms with van der Waals surface area (Å²) in [5.41, 5.74) is 1.33. The van der Waals surface area contributed by atoms with E-state index in [2.05, 4.69) is 43.2 Å². The third kappa shape index (κ3) is 2.70. The van der Waals surface area contributed by atoms with Gasteiger partial charge in [-0.1, -0.05) is 0 Å². The summed E-state index contributed by atoms with van der Waals surface area (Å²) in [5, 5.41) is 3.35. The monoisotopic (exact) mass is 365 g/mol. The van der Waals surface area contributed by atoms with Crippen LogP contribution < -0.4 is 5.32 Å². The predicted molar refractivity (Wildman–Crippen MR) is 74.8 cm³/mol. The Kier molecular flexibility index (Phi) is 4.47. The molecule has 1 aromatic rings. The van der Waals surface area contributed by atoms with Crippen LogP contribution in [0.4, 0.5) is 0 Å². The molecule has 5 heteroatoms. The fourth-order valence-corrected chi connectivity index (χ4v) is 4.06. The van der Waals surface area contributed by atoms with Gasteiger partial charge >= 0.3 is 0 Å². The SMILES string of the molecule is CNC(C1=COCCC1)c1cc(Br)c(Br)s1. The lowest BCUT2D eigenvalue weighted by molar-refractivity contribution is 0.220. The van der Waals surface area contributed by atoms with Gasteiger partial charge in [-0.15, -0.1) is 11.3 Å². The highest BCUT2D eigenvalue weighted by Crippen LogP contribution is 2.38. The quantitative estimate of drug-likeness (QED) is 0.864. The molecule has 0 spiro atoms. The highest BCUT2D eigenvalue weighted by molar-refractivity contribution is 9.13. The van der Waals surface area contributed by atoms with Crippen molar-refractivity contribution in [3.8, 4) is 0 Å². The molecule has 1 unspecified atom stereocenters. The molecular formula is C11H13Br2NOS. The van der Waals surface area contributed by atoms with Gasteiger partial charge in [-0.05, 0) is 63.4 Å². The van der Waals surface area contributed by atoms with Gasteiger partial charge in [0.25, 0.3) is 0 Å². The number of thiophene rings is 1. The maximum atomic E-state index is 5.40. The highest BCUT2D eigenvalue weighted by atomic mass is 79.9. The minimum Gasteiger partial charge on any atom is -0.501 e. The molecule has 0 aliphatic carbocycles. The molecule has 16 heavy (non-hydrogen) atoms. The summed E-state index contributed by atoms with van der Waals surface area (Å²) < 4.78 is 7.66. The van der Waals surface area contributed by atoms with E-state index < -0.39 is 0 Å². The summed E-state index contributed by atoms with van der Waals surface area (Å²) in [6.07, 6.45) is 4.13. The van der Waals surface area contributed by atoms with Crippen molar-refractivity contribution in [1.82, 2.24) is 5.32 Å². The summed E-state index contributed by atoms with van der Waals surface area (Å²) in [6, 6.07) is 2.43. The van der Waals surface area contributed by atoms with E-state index >= 15 is 0 Å². The average Bonchev–Trinajstić information content (AvgIpc) is 2.61. The Morgan fingerprint density at radius 3 is 2.81 bits per heavy atom. The molecule has 0 fully saturated rings. The lowest BCUT2D eigenvalue weighted by Gasteiger charge is -2.21. The molecule has 1 atom stereocenters. The van der Waals surface area contributed by atoms with Gasteiger partial charge in [-0.25, -0.2) is 0 Å². The normalized spacial score (nSPS) is 17.8. The molecule has 1 N–H and O–H groups in total. The minimum absolute atomic E-state index is 0.271. The van der Waals surface area contributed by atoms with Crippen LogP contribution in [0.1, 0.15) is 23.8 Å². The number of rotatable bonds is 3. The molecule has 0 aromatic carbocycles. The zero-order valence-corrected chi connectivity index (χ0v) is 12.9. The molecule has 88 valence electrons. The van der Waals surface area contributed by atoms with Crippen LogP contribution in [0.5, 0.6) is 0 Å². The number of hydrogen-bond donors (Lipinski definition) is 1. The first kappa shape index (κ1) is 12.6. The van der Waals surface area contributed by atoms with E-state index in [-0.39, 0.29) is 6.04 Å². The molecule has 0 amide bonds. The van der Waals surface area contributed by atoms with Crippen LogP contribution in [0.15, 0.2) is 26.2 Å². The van der Waals surface area contributed by atoms with Crippen LogP contribution in [0.2, 0.25) is 0 Å². The van der Waals surface area contributed by atoms with Crippen molar-refractivity contribution in [3.05, 3.63) is 31.0 Å². The maximum absolute atomic E-state index is 5.40. The topological polar surface area (TPSA) is 21.3 Å². The van der Waals surface area contributed by atoms with Gasteiger partial charge in [0.1, 0.15) is 0 Å². The van der Waals surface area contributed by atoms with E-state index in [0.717, 1.165) is 27.7 Å². The standard InChI is InChI=1S/C11H13Br2NOS/c1-14-10(7-3-2-4-15-6-7)9-5-8(12)11(13)16-9/h5-6,10,14H,2-4H2,1H3. The maximum Gasteiger partial charge on any atom is 0.0876 e. The molecule has 0 radical (unpaired) electrons. The summed E-state index contributed by atoms with van der Waals surface area (Å²) >= 11 is 8.80. The summed E-state index contributed by atoms with van der Waals surface area (Å²) in [5.74, 6) is 0. The lowest BCUT2D eigenvalue weighted by Crippen LogP contribution is -2.19. The van der Waals surface area contributed by atoms with E-state index in [1.807, 2.05) is 13.3 Å². The largest absolute Gasteiger partial charge is 0.501 e. The third-order valence-corrected chi connectivity index (χ3v) is 5.89. The number of nitrogens with one attached hydrogen (secondary N) is 1. The van der Waals surface area contributed by atoms with Gasteiger partial charge in [0.2, 0.25) is 0 Å². The van der Waals surface area contributed by atoms with Gasteiger partial charge in [-0.2, -0.15) is 0 Å². The Bertz CT molecular complexity index is 383. The molecule has 1 aromatic heterocycles. The molecule has 0 saturated heterocycles. The van der Waals surface area contributed by atoms with E-state index in [4.69, 9.17) is 4.74 Å². The fraction of sp³-hybridized carbons (Fsp3) is 0.455. The Hall–Kier alpha value is 0.160. The smallest absolute Gasteiger partial charge is 0.0876 e. The van der Waals surface area contributed by atoms with Crippen molar-refractivity contribution in [1.29, 1.82) is 0 Å². The average molecular weight is 367 g/mol. The molecule has 0 bridgehead atoms. The first-order valence-corrected chi connectivity index (χ1v) is 7.55. The summed E-state index contributed by atoms with van der Waals surface area (Å²) in [7, 11) is 1.99. The van der Waals surface area contributed by atoms with E-state index in [9.17, 15) is 0 Å². The lowest BCUT2D eigenvalue weighted by atomic mass is 10.0. The van der Waals surface area contributed by atoms with Gasteiger partial charge in [0, 0.05) is 9.35 Å². The van der Waals surface area contributed by atoms with Crippen LogP contribution >= 0.6 is 43.2 Å². The van der Waals surface area contributed by atoms with Crippen LogP contribution in [-0.2, 0) is 4.74 Å². The van der Waals surface area contributed by atoms with Crippen molar-refractivity contribution in [2.45, 2.75) is 18.9 Å². The number of hydrogen-bond acceptors (Lipinski definition) is 3. The number of halogens is 2. The highest BCUT2D eigenvalue weighted by Gasteiger charge is 2.20. The molecule has 2 heterocycles. The Morgan fingerprint density at radius 2 is 2.31 bits per heavy atom. The molecule has 1 aliphatic heterocycles. The van der Waals surface area contributed by atoms with Crippen molar-refractivity contribution in [3.63, 3.8) is 0 Å². The van der Waals surface area contributed by atoms with Crippen molar-refractivity contribution < 1.29 is 4.74 Å². The van der Waals surface area contributed by atoms with Crippen LogP contribution in [-0.4, -0.2) is 13.7 Å².